The topological polar surface area (TPSA) is 121 Å². The van der Waals surface area contributed by atoms with E-state index in [4.69, 9.17) is 10.2 Å². The van der Waals surface area contributed by atoms with Crippen LogP contribution in [0.25, 0.3) is 0 Å². The Bertz CT molecular complexity index is 137. The Morgan fingerprint density at radius 1 is 1.00 bits per heavy atom. The Hall–Kier alpha value is -0.205. The molecule has 2 unspecified atom stereocenters. The van der Waals surface area contributed by atoms with E-state index in [1.54, 1.807) is 0 Å². The molecule has 0 aromatic heterocycles. The smallest absolute Gasteiger partial charge is 0.547 e. The van der Waals surface area contributed by atoms with Crippen molar-refractivity contribution in [3.05, 3.63) is 0 Å². The van der Waals surface area contributed by atoms with Crippen molar-refractivity contribution in [3.8, 4) is 0 Å². The van der Waals surface area contributed by atoms with Gasteiger partial charge in [0.2, 0.25) is 0 Å². The van der Waals surface area contributed by atoms with Gasteiger partial charge < -0.3 is 30.0 Å². The van der Waals surface area contributed by atoms with Crippen molar-refractivity contribution in [2.75, 3.05) is 0 Å². The van der Waals surface area contributed by atoms with E-state index >= 15 is 0 Å². The summed E-state index contributed by atoms with van der Waals surface area (Å²) in [4.78, 5) is 18.7. The quantitative estimate of drug-likeness (QED) is 0.476. The molecule has 0 saturated carbocycles. The monoisotopic (exact) mass is 380 g/mol. The molecule has 0 saturated heterocycles. The first kappa shape index (κ1) is 18.6. The molecule has 0 aliphatic heterocycles. The van der Waals surface area contributed by atoms with Gasteiger partial charge in [-0.3, -0.25) is 0 Å². The van der Waals surface area contributed by atoms with Crippen LogP contribution >= 0.6 is 0 Å². The third-order valence-corrected chi connectivity index (χ3v) is 0.682. The van der Waals surface area contributed by atoms with Crippen molar-refractivity contribution in [2.24, 2.45) is 0 Å². The van der Waals surface area contributed by atoms with E-state index in [2.05, 4.69) is 0 Å². The molecule has 0 aromatic rings. The fourth-order valence-corrected chi connectivity index (χ4v) is 0. The fraction of sp³-hybridized carbons (Fsp3) is 0.667. The number of carbonyl (C=O) groups excluding carboxylic acids is 2. The first-order chi connectivity index (χ1) is 5.29. The molecular weight excluding hydrogens is 369 g/mol. The number of aliphatic hydroxyl groups is 2. The molecule has 0 aliphatic carbocycles. The van der Waals surface area contributed by atoms with Gasteiger partial charge in [-0.25, -0.2) is 0 Å². The van der Waals surface area contributed by atoms with Crippen LogP contribution in [0.1, 0.15) is 13.8 Å². The van der Waals surface area contributed by atoms with Crippen molar-refractivity contribution in [1.82, 2.24) is 0 Å². The number of carbonyl (C=O) groups is 2. The molecule has 0 heterocycles. The second-order valence-corrected chi connectivity index (χ2v) is 1.99. The van der Waals surface area contributed by atoms with Gasteiger partial charge in [-0.1, -0.05) is 0 Å². The van der Waals surface area contributed by atoms with Gasteiger partial charge >= 0.3 is 27.7 Å². The molecule has 0 aliphatic rings. The maximum absolute atomic E-state index is 9.34. The average molecular weight is 379 g/mol. The summed E-state index contributed by atoms with van der Waals surface area (Å²) >= 11 is 0. The summed E-state index contributed by atoms with van der Waals surface area (Å²) in [7, 11) is 0. The van der Waals surface area contributed by atoms with Crippen LogP contribution in [0.2, 0.25) is 0 Å². The third-order valence-electron chi connectivity index (χ3n) is 0.682. The standard InChI is InChI=1S/2C3H6O3.Hg/c2*1-2(4)3(5)6;/h2*2,4H,1H3,(H,5,6);/q;;+2/p-2. The molecule has 0 fully saturated rings. The zero-order valence-electron chi connectivity index (χ0n) is 7.39. The van der Waals surface area contributed by atoms with Gasteiger partial charge in [0.15, 0.2) is 0 Å². The maximum atomic E-state index is 9.34. The van der Waals surface area contributed by atoms with E-state index in [1.807, 2.05) is 0 Å². The predicted molar refractivity (Wildman–Crippen MR) is 33.4 cm³/mol. The van der Waals surface area contributed by atoms with Gasteiger partial charge in [0.1, 0.15) is 0 Å². The Labute approximate surface area is 95.7 Å². The minimum absolute atomic E-state index is 0. The number of hydrogen-bond donors (Lipinski definition) is 2. The van der Waals surface area contributed by atoms with Crippen LogP contribution in [0, 0.1) is 0 Å². The van der Waals surface area contributed by atoms with Crippen LogP contribution in [0.3, 0.4) is 0 Å². The van der Waals surface area contributed by atoms with E-state index in [1.165, 1.54) is 0 Å². The number of aliphatic hydroxyl groups excluding tert-OH is 2. The molecule has 72 valence electrons. The zero-order chi connectivity index (χ0) is 10.3. The molecule has 0 spiro atoms. The van der Waals surface area contributed by atoms with E-state index in [0.29, 0.717) is 0 Å². The number of aliphatic carboxylic acids is 2. The van der Waals surface area contributed by atoms with Gasteiger partial charge in [0.25, 0.3) is 0 Å². The molecule has 0 amide bonds. The normalized spacial score (nSPS) is 12.6. The third kappa shape index (κ3) is 18.6. The van der Waals surface area contributed by atoms with Crippen LogP contribution in [-0.4, -0.2) is 34.4 Å². The number of rotatable bonds is 2. The minimum atomic E-state index is -1.44. The van der Waals surface area contributed by atoms with E-state index in [9.17, 15) is 19.8 Å². The largest absolute Gasteiger partial charge is 2.00 e. The molecule has 7 heteroatoms. The van der Waals surface area contributed by atoms with Crippen molar-refractivity contribution >= 4 is 11.9 Å². The Balaban J connectivity index is -0.000000143. The summed E-state index contributed by atoms with van der Waals surface area (Å²) in [5.41, 5.74) is 0. The second kappa shape index (κ2) is 9.88. The zero-order valence-corrected chi connectivity index (χ0v) is 12.9. The fourth-order valence-electron chi connectivity index (χ4n) is 0. The van der Waals surface area contributed by atoms with Crippen molar-refractivity contribution in [3.63, 3.8) is 0 Å². The molecule has 2 N–H and O–H groups in total. The summed E-state index contributed by atoms with van der Waals surface area (Å²) in [6.45, 7) is 2.27. The molecule has 6 nitrogen and oxygen atoms in total. The van der Waals surface area contributed by atoms with Gasteiger partial charge in [0, 0.05) is 0 Å². The molecule has 0 rings (SSSR count). The average Bonchev–Trinajstić information content (AvgIpc) is 1.88. The molecule has 0 radical (unpaired) electrons. The van der Waals surface area contributed by atoms with E-state index < -0.39 is 24.1 Å². The van der Waals surface area contributed by atoms with Crippen LogP contribution in [0.15, 0.2) is 0 Å². The SMILES string of the molecule is CC(O)C(=O)[O-].CC(O)C(=O)[O-].[Hg+2]. The summed E-state index contributed by atoms with van der Waals surface area (Å²) in [5.74, 6) is -2.87. The van der Waals surface area contributed by atoms with Crippen LogP contribution in [0.5, 0.6) is 0 Å². The molecular formula is C6H10HgO6. The summed E-state index contributed by atoms with van der Waals surface area (Å²) in [5, 5.41) is 34.6. The molecule has 13 heavy (non-hydrogen) atoms. The number of hydrogen-bond acceptors (Lipinski definition) is 6. The molecule has 2 atom stereocenters. The first-order valence-electron chi connectivity index (χ1n) is 3.06. The Morgan fingerprint density at radius 2 is 1.08 bits per heavy atom. The Kier molecular flexibility index (Phi) is 14.1. The number of carboxylic acids is 2. The summed E-state index contributed by atoms with van der Waals surface area (Å²) in [6.07, 6.45) is -2.69. The summed E-state index contributed by atoms with van der Waals surface area (Å²) in [6, 6.07) is 0. The molecule has 0 aromatic carbocycles. The maximum Gasteiger partial charge on any atom is 2.00 e. The van der Waals surface area contributed by atoms with E-state index in [-0.39, 0.29) is 27.7 Å². The van der Waals surface area contributed by atoms with Crippen molar-refractivity contribution < 1.29 is 57.7 Å². The van der Waals surface area contributed by atoms with Crippen LogP contribution in [-0.2, 0) is 37.3 Å². The van der Waals surface area contributed by atoms with E-state index in [0.717, 1.165) is 13.8 Å². The van der Waals surface area contributed by atoms with Gasteiger partial charge in [-0.15, -0.1) is 0 Å². The predicted octanol–water partition coefficient (Wildman–Crippen LogP) is -3.77. The van der Waals surface area contributed by atoms with Crippen LogP contribution in [0.4, 0.5) is 0 Å². The molecule has 0 bridgehead atoms. The minimum Gasteiger partial charge on any atom is -0.547 e. The summed E-state index contributed by atoms with van der Waals surface area (Å²) < 4.78 is 0. The van der Waals surface area contributed by atoms with Gasteiger partial charge in [-0.05, 0) is 13.8 Å². The number of carboxylic acid groups (broad SMARTS) is 2. The van der Waals surface area contributed by atoms with Gasteiger partial charge in [0.05, 0.1) is 24.1 Å². The second-order valence-electron chi connectivity index (χ2n) is 1.99. The van der Waals surface area contributed by atoms with Crippen LogP contribution < -0.4 is 10.2 Å². The van der Waals surface area contributed by atoms with Crippen molar-refractivity contribution in [1.29, 1.82) is 0 Å². The van der Waals surface area contributed by atoms with Crippen molar-refractivity contribution in [2.45, 2.75) is 26.1 Å². The van der Waals surface area contributed by atoms with Gasteiger partial charge in [-0.2, -0.15) is 0 Å². The Morgan fingerprint density at radius 3 is 1.08 bits per heavy atom. The first-order valence-corrected chi connectivity index (χ1v) is 3.06.